The van der Waals surface area contributed by atoms with Crippen LogP contribution >= 0.6 is 0 Å². The lowest BCUT2D eigenvalue weighted by Gasteiger charge is -2.35. The minimum absolute atomic E-state index is 0.126. The van der Waals surface area contributed by atoms with Gasteiger partial charge in [-0.25, -0.2) is 4.39 Å². The Morgan fingerprint density at radius 1 is 1.29 bits per heavy atom. The first kappa shape index (κ1) is 19.0. The van der Waals surface area contributed by atoms with Gasteiger partial charge in [-0.2, -0.15) is 5.10 Å². The van der Waals surface area contributed by atoms with Gasteiger partial charge in [0.2, 0.25) is 5.91 Å². The Labute approximate surface area is 166 Å². The van der Waals surface area contributed by atoms with Gasteiger partial charge in [-0.1, -0.05) is 6.07 Å². The predicted molar refractivity (Wildman–Crippen MR) is 108 cm³/mol. The molecular weight excluding hydrogens is 355 g/mol. The van der Waals surface area contributed by atoms with E-state index in [1.807, 2.05) is 23.9 Å². The van der Waals surface area contributed by atoms with Gasteiger partial charge < -0.3 is 9.80 Å². The molecule has 0 aliphatic carbocycles. The van der Waals surface area contributed by atoms with E-state index in [-0.39, 0.29) is 22.8 Å². The van der Waals surface area contributed by atoms with Gasteiger partial charge in [0.25, 0.3) is 0 Å². The highest BCUT2D eigenvalue weighted by atomic mass is 19.1. The minimum Gasteiger partial charge on any atom is -0.364 e. The Morgan fingerprint density at radius 2 is 2.11 bits per heavy atom. The van der Waals surface area contributed by atoms with Crippen molar-refractivity contribution in [1.82, 2.24) is 14.7 Å². The quantitative estimate of drug-likeness (QED) is 0.810. The molecule has 2 aliphatic heterocycles. The average Bonchev–Trinajstić information content (AvgIpc) is 3.30. The molecule has 1 aromatic heterocycles. The predicted octanol–water partition coefficient (Wildman–Crippen LogP) is 3.54. The topological polar surface area (TPSA) is 41.4 Å². The Balaban J connectivity index is 1.53. The summed E-state index contributed by atoms with van der Waals surface area (Å²) in [4.78, 5) is 17.5. The third kappa shape index (κ3) is 3.29. The van der Waals surface area contributed by atoms with E-state index in [2.05, 4.69) is 28.7 Å². The van der Waals surface area contributed by atoms with Crippen molar-refractivity contribution in [3.8, 4) is 0 Å². The first-order valence-corrected chi connectivity index (χ1v) is 10.1. The van der Waals surface area contributed by atoms with Crippen molar-refractivity contribution in [2.75, 3.05) is 18.0 Å². The second-order valence-electron chi connectivity index (χ2n) is 8.87. The summed E-state index contributed by atoms with van der Waals surface area (Å²) in [6.45, 7) is 5.98. The largest absolute Gasteiger partial charge is 0.364 e. The third-order valence-corrected chi connectivity index (χ3v) is 6.48. The maximum absolute atomic E-state index is 13.8. The van der Waals surface area contributed by atoms with E-state index in [0.717, 1.165) is 43.7 Å². The third-order valence-electron chi connectivity index (χ3n) is 6.48. The number of aryl methyl sites for hydroxylation is 2. The maximum Gasteiger partial charge on any atom is 0.223 e. The van der Waals surface area contributed by atoms with Crippen LogP contribution in [0.3, 0.4) is 0 Å². The van der Waals surface area contributed by atoms with Crippen molar-refractivity contribution < 1.29 is 9.18 Å². The van der Waals surface area contributed by atoms with Crippen molar-refractivity contribution in [1.29, 1.82) is 0 Å². The van der Waals surface area contributed by atoms with E-state index in [9.17, 15) is 9.18 Å². The van der Waals surface area contributed by atoms with Crippen molar-refractivity contribution >= 4 is 11.6 Å². The zero-order valence-corrected chi connectivity index (χ0v) is 17.0. The number of halogens is 1. The van der Waals surface area contributed by atoms with E-state index < -0.39 is 0 Å². The van der Waals surface area contributed by atoms with E-state index in [4.69, 9.17) is 0 Å². The van der Waals surface area contributed by atoms with Gasteiger partial charge in [0.1, 0.15) is 5.82 Å². The van der Waals surface area contributed by atoms with E-state index in [1.165, 1.54) is 6.07 Å². The molecule has 6 heteroatoms. The molecule has 5 nitrogen and oxygen atoms in total. The summed E-state index contributed by atoms with van der Waals surface area (Å²) in [6, 6.07) is 8.78. The molecule has 1 amide bonds. The van der Waals surface area contributed by atoms with Crippen LogP contribution in [-0.2, 0) is 18.3 Å². The van der Waals surface area contributed by atoms with Gasteiger partial charge in [0.05, 0.1) is 5.54 Å². The van der Waals surface area contributed by atoms with Gasteiger partial charge in [-0.05, 0) is 63.8 Å². The molecule has 0 saturated carbocycles. The second-order valence-corrected chi connectivity index (χ2v) is 8.87. The Morgan fingerprint density at radius 3 is 2.82 bits per heavy atom. The zero-order chi connectivity index (χ0) is 19.9. The van der Waals surface area contributed by atoms with Crippen LogP contribution in [0.4, 0.5) is 10.1 Å². The Bertz CT molecular complexity index is 877. The zero-order valence-electron chi connectivity index (χ0n) is 17.0. The van der Waals surface area contributed by atoms with Gasteiger partial charge in [-0.15, -0.1) is 0 Å². The first-order valence-electron chi connectivity index (χ1n) is 10.1. The van der Waals surface area contributed by atoms with Gasteiger partial charge in [-0.3, -0.25) is 9.48 Å². The molecule has 1 atom stereocenters. The van der Waals surface area contributed by atoms with Crippen LogP contribution in [0.2, 0.25) is 0 Å². The van der Waals surface area contributed by atoms with Crippen LogP contribution in [0.25, 0.3) is 0 Å². The number of rotatable bonds is 4. The molecule has 2 aliphatic rings. The van der Waals surface area contributed by atoms with Gasteiger partial charge >= 0.3 is 0 Å². The van der Waals surface area contributed by atoms with Crippen LogP contribution < -0.4 is 4.90 Å². The van der Waals surface area contributed by atoms with Gasteiger partial charge in [0.15, 0.2) is 0 Å². The molecule has 3 heterocycles. The fourth-order valence-electron chi connectivity index (χ4n) is 5.24. The van der Waals surface area contributed by atoms with Crippen LogP contribution in [-0.4, -0.2) is 44.8 Å². The Kier molecular flexibility index (Phi) is 4.68. The molecule has 4 rings (SSSR count). The van der Waals surface area contributed by atoms with Crippen LogP contribution in [0, 0.1) is 5.82 Å². The number of aromatic nitrogens is 2. The lowest BCUT2D eigenvalue weighted by atomic mass is 9.87. The van der Waals surface area contributed by atoms with Crippen molar-refractivity contribution in [2.24, 2.45) is 7.05 Å². The minimum atomic E-state index is -0.218. The average molecular weight is 384 g/mol. The van der Waals surface area contributed by atoms with Crippen molar-refractivity contribution in [3.05, 3.63) is 48.0 Å². The summed E-state index contributed by atoms with van der Waals surface area (Å²) in [7, 11) is 1.91. The number of hydrogen-bond donors (Lipinski definition) is 0. The van der Waals surface area contributed by atoms with Gasteiger partial charge in [0, 0.05) is 49.7 Å². The number of carbonyl (C=O) groups excluding carboxylic acids is 1. The van der Waals surface area contributed by atoms with Crippen molar-refractivity contribution in [3.63, 3.8) is 0 Å². The fourth-order valence-corrected chi connectivity index (χ4v) is 5.24. The number of nitrogens with zero attached hydrogens (tertiary/aromatic N) is 4. The van der Waals surface area contributed by atoms with E-state index in [1.54, 1.807) is 18.3 Å². The first-order chi connectivity index (χ1) is 13.3. The molecular formula is C22H29FN4O. The van der Waals surface area contributed by atoms with Crippen LogP contribution in [0.5, 0.6) is 0 Å². The molecule has 0 bridgehead atoms. The molecule has 28 heavy (non-hydrogen) atoms. The number of carbonyl (C=O) groups is 1. The SMILES string of the molecule is Cn1nccc1CCC(=O)N1CCCC12CN(c1cccc(F)c1)C(C)(C)C2. The lowest BCUT2D eigenvalue weighted by molar-refractivity contribution is -0.134. The summed E-state index contributed by atoms with van der Waals surface area (Å²) in [5, 5.41) is 4.19. The molecule has 2 aromatic rings. The molecule has 150 valence electrons. The molecule has 0 radical (unpaired) electrons. The highest BCUT2D eigenvalue weighted by molar-refractivity contribution is 5.78. The summed E-state index contributed by atoms with van der Waals surface area (Å²) in [6.07, 6.45) is 5.94. The summed E-state index contributed by atoms with van der Waals surface area (Å²) in [5.74, 6) is 0.000346. The number of anilines is 1. The second kappa shape index (κ2) is 6.90. The summed E-state index contributed by atoms with van der Waals surface area (Å²) >= 11 is 0. The summed E-state index contributed by atoms with van der Waals surface area (Å²) in [5.41, 5.74) is 1.70. The van der Waals surface area contributed by atoms with E-state index >= 15 is 0 Å². The maximum atomic E-state index is 13.8. The highest BCUT2D eigenvalue weighted by Gasteiger charge is 2.54. The van der Waals surface area contributed by atoms with E-state index in [0.29, 0.717) is 12.8 Å². The molecule has 1 spiro atoms. The monoisotopic (exact) mass is 384 g/mol. The van der Waals surface area contributed by atoms with Crippen molar-refractivity contribution in [2.45, 2.75) is 57.0 Å². The summed E-state index contributed by atoms with van der Waals surface area (Å²) < 4.78 is 15.6. The molecule has 1 aromatic carbocycles. The molecule has 2 saturated heterocycles. The Hall–Kier alpha value is -2.37. The molecule has 1 unspecified atom stereocenters. The smallest absolute Gasteiger partial charge is 0.223 e. The number of benzene rings is 1. The molecule has 2 fully saturated rings. The highest BCUT2D eigenvalue weighted by Crippen LogP contribution is 2.47. The number of likely N-dealkylation sites (tertiary alicyclic amines) is 1. The van der Waals surface area contributed by atoms with Crippen LogP contribution in [0.1, 0.15) is 45.2 Å². The fraction of sp³-hybridized carbons (Fsp3) is 0.545. The lowest BCUT2D eigenvalue weighted by Crippen LogP contribution is -2.49. The normalized spacial score (nSPS) is 23.7. The molecule has 0 N–H and O–H groups in total. The van der Waals surface area contributed by atoms with Crippen LogP contribution in [0.15, 0.2) is 36.5 Å². The number of hydrogen-bond acceptors (Lipinski definition) is 3. The number of amides is 1. The standard InChI is InChI=1S/C22H29FN4O/c1-21(2)15-22(16-27(21)19-7-4-6-17(23)14-19)11-5-13-26(22)20(28)9-8-18-10-12-24-25(18)3/h4,6-7,10,12,14H,5,8-9,11,13,15-16H2,1-3H3.